The summed E-state index contributed by atoms with van der Waals surface area (Å²) in [5.74, 6) is -20.9. The number of aliphatic hydroxyl groups is 3. The van der Waals surface area contributed by atoms with Gasteiger partial charge in [-0.15, -0.1) is 0 Å². The number of imidazole rings is 1. The first kappa shape index (κ1) is 88.1. The van der Waals surface area contributed by atoms with Crippen molar-refractivity contribution in [2.24, 2.45) is 41.1 Å². The number of nitrogens with two attached hydrogens (primary N) is 2. The number of halogens is 1. The number of rotatable bonds is 45. The number of ketones is 5. The fraction of sp³-hybridized carbons (Fsp3) is 0.451. The van der Waals surface area contributed by atoms with Gasteiger partial charge in [-0.3, -0.25) is 67.3 Å². The molecule has 6 amide bonds. The normalized spacial score (nSPS) is 16.6. The van der Waals surface area contributed by atoms with Crippen LogP contribution in [0.1, 0.15) is 132 Å². The standard InChI is InChI=1S/C82H101FN10O19/c1-8-51-32-59(112-7)24-25-61(51)52-21-18-49(19-22-52)31-67(69(98)33-55(75(85)106)30-50-20-26-66(87-41-50)60-16-11-9-14-46(60)2)90-77(108)56(36-74(104)105)34-70(99)68(44-94)91-78(109)63(48(4)96)39-71(100)81(5,40-54-15-10-12-17-64(54)83)92-79(110)62(47(3)95)38-58(97)43-88-76(107)53(23-27-73(102)103)35-72(101)82(6)28-13-29-93(82)80(111)65(84)37-57-42-86-45-89-57/h9-12,14-22,24-26,32,41-42,45,47-48,53,55-56,62-63,65,67-68,94-96H,8,13,23,27-31,33-40,43-44,84H2,1-7H3,(H2,85,106)(H,86,89)(H,88,107)(H,90,108)(H,91,109)(H,92,110)(H,102,103)(H,104,105)/t47-,48-,53-,55-,56+,62+,63+,65+,67+,68+,81?,82?/m1/s1. The number of aryl methyl sites for hydroxylation is 2. The highest BCUT2D eigenvalue weighted by molar-refractivity contribution is 6.01. The first-order valence-corrected chi connectivity index (χ1v) is 37.2. The van der Waals surface area contributed by atoms with Crippen molar-refractivity contribution in [1.82, 2.24) is 41.1 Å². The van der Waals surface area contributed by atoms with Gasteiger partial charge >= 0.3 is 11.9 Å². The zero-order chi connectivity index (χ0) is 82.3. The lowest BCUT2D eigenvalue weighted by molar-refractivity contribution is -0.145. The Kier molecular flexibility index (Phi) is 32.1. The maximum absolute atomic E-state index is 15.6. The lowest BCUT2D eigenvalue weighted by Crippen LogP contribution is -2.58. The summed E-state index contributed by atoms with van der Waals surface area (Å²) in [6.07, 6.45) is -4.24. The number of benzene rings is 4. The van der Waals surface area contributed by atoms with Gasteiger partial charge in [0.05, 0.1) is 91.8 Å². The number of nitrogens with one attached hydrogen (secondary N) is 5. The Morgan fingerprint density at radius 3 is 1.96 bits per heavy atom. The topological polar surface area (TPSA) is 477 Å². The van der Waals surface area contributed by atoms with Gasteiger partial charge in [-0.25, -0.2) is 9.37 Å². The molecule has 3 heterocycles. The summed E-state index contributed by atoms with van der Waals surface area (Å²) < 4.78 is 21.0. The number of carboxylic acids is 2. The molecule has 0 bridgehead atoms. The van der Waals surface area contributed by atoms with Gasteiger partial charge in [0, 0.05) is 93.4 Å². The number of ether oxygens (including phenoxy) is 1. The number of carbonyl (C=O) groups is 13. The van der Waals surface area contributed by atoms with Gasteiger partial charge < -0.3 is 72.9 Å². The highest BCUT2D eigenvalue weighted by Crippen LogP contribution is 2.35. The van der Waals surface area contributed by atoms with Crippen molar-refractivity contribution in [3.63, 3.8) is 0 Å². The maximum Gasteiger partial charge on any atom is 0.304 e. The minimum absolute atomic E-state index is 0.0347. The third-order valence-electron chi connectivity index (χ3n) is 20.8. The van der Waals surface area contributed by atoms with Crippen molar-refractivity contribution < 1.29 is 97.0 Å². The van der Waals surface area contributed by atoms with E-state index in [4.69, 9.17) is 16.2 Å². The van der Waals surface area contributed by atoms with E-state index in [0.29, 0.717) is 41.1 Å². The third kappa shape index (κ3) is 24.2. The fourth-order valence-corrected chi connectivity index (χ4v) is 14.0. The van der Waals surface area contributed by atoms with E-state index in [1.54, 1.807) is 37.6 Å². The molecule has 30 heteroatoms. The molecule has 29 nitrogen and oxygen atoms in total. The van der Waals surface area contributed by atoms with E-state index in [1.807, 2.05) is 68.4 Å². The molecular weight excluding hydrogens is 1450 g/mol. The summed E-state index contributed by atoms with van der Waals surface area (Å²) >= 11 is 0. The molecule has 0 radical (unpaired) electrons. The predicted octanol–water partition coefficient (Wildman–Crippen LogP) is 4.55. The van der Waals surface area contributed by atoms with Crippen LogP contribution in [0.25, 0.3) is 22.4 Å². The van der Waals surface area contributed by atoms with Crippen molar-refractivity contribution >= 4 is 76.3 Å². The molecule has 0 saturated carbocycles. The zero-order valence-corrected chi connectivity index (χ0v) is 63.9. The summed E-state index contributed by atoms with van der Waals surface area (Å²) in [5.41, 5.74) is 15.2. The number of nitrogens with zero attached hydrogens (tertiary/aromatic N) is 3. The van der Waals surface area contributed by atoms with Crippen molar-refractivity contribution in [2.45, 2.75) is 179 Å². The number of carbonyl (C=O) groups excluding carboxylic acids is 11. The number of Topliss-reactive ketones (excluding diaryl/α,β-unsaturated/α-hetero) is 5. The number of aromatic nitrogens is 3. The number of aliphatic carboxylic acids is 2. The fourth-order valence-electron chi connectivity index (χ4n) is 14.0. The van der Waals surface area contributed by atoms with Crippen LogP contribution in [0, 0.1) is 42.3 Å². The molecule has 4 aromatic carbocycles. The van der Waals surface area contributed by atoms with Crippen molar-refractivity contribution in [3.8, 4) is 28.1 Å². The van der Waals surface area contributed by atoms with Gasteiger partial charge in [-0.1, -0.05) is 85.8 Å². The van der Waals surface area contributed by atoms with E-state index in [0.717, 1.165) is 54.7 Å². The first-order chi connectivity index (χ1) is 53.1. The van der Waals surface area contributed by atoms with Crippen molar-refractivity contribution in [2.75, 3.05) is 26.8 Å². The van der Waals surface area contributed by atoms with E-state index in [2.05, 4.69) is 36.2 Å². The summed E-state index contributed by atoms with van der Waals surface area (Å²) in [6.45, 7) is 7.03. The second kappa shape index (κ2) is 40.7. The Balaban J connectivity index is 1.05. The van der Waals surface area contributed by atoms with Crippen LogP contribution in [0.15, 0.2) is 122 Å². The molecule has 14 N–H and O–H groups in total. The average Bonchev–Trinajstić information content (AvgIpc) is 1.55. The molecular formula is C82H101FN10O19. The van der Waals surface area contributed by atoms with E-state index >= 15 is 4.39 Å². The van der Waals surface area contributed by atoms with E-state index in [1.165, 1.54) is 42.5 Å². The van der Waals surface area contributed by atoms with E-state index < -0.39 is 218 Å². The third-order valence-corrected chi connectivity index (χ3v) is 20.8. The number of methoxy groups -OCH3 is 1. The first-order valence-electron chi connectivity index (χ1n) is 37.2. The molecule has 0 aliphatic carbocycles. The lowest BCUT2D eigenvalue weighted by Gasteiger charge is -2.36. The Morgan fingerprint density at radius 2 is 1.36 bits per heavy atom. The number of aromatic amines is 1. The van der Waals surface area contributed by atoms with Gasteiger partial charge in [-0.05, 0) is 136 Å². The second-order valence-electron chi connectivity index (χ2n) is 29.3. The van der Waals surface area contributed by atoms with E-state index in [-0.39, 0.29) is 44.2 Å². The summed E-state index contributed by atoms with van der Waals surface area (Å²) in [7, 11) is 1.56. The second-order valence-corrected chi connectivity index (χ2v) is 29.3. The number of hydrogen-bond acceptors (Lipinski definition) is 20. The summed E-state index contributed by atoms with van der Waals surface area (Å²) in [4.78, 5) is 193. The quantitative estimate of drug-likeness (QED) is 0.0249. The highest BCUT2D eigenvalue weighted by atomic mass is 19.1. The molecule has 12 atom stereocenters. The van der Waals surface area contributed by atoms with Crippen LogP contribution in [0.5, 0.6) is 5.75 Å². The zero-order valence-electron chi connectivity index (χ0n) is 63.9. The largest absolute Gasteiger partial charge is 0.497 e. The molecule has 1 fully saturated rings. The Hall–Kier alpha value is -11.1. The van der Waals surface area contributed by atoms with Crippen molar-refractivity contribution in [1.29, 1.82) is 0 Å². The van der Waals surface area contributed by atoms with Crippen LogP contribution in [0.2, 0.25) is 0 Å². The highest BCUT2D eigenvalue weighted by Gasteiger charge is 2.48. The molecule has 0 spiro atoms. The summed E-state index contributed by atoms with van der Waals surface area (Å²) in [5, 5.41) is 62.5. The number of aliphatic hydroxyl groups excluding tert-OH is 3. The van der Waals surface area contributed by atoms with Gasteiger partial charge in [0.2, 0.25) is 35.4 Å². The van der Waals surface area contributed by atoms with Crippen LogP contribution in [0.3, 0.4) is 0 Å². The average molecular weight is 1550 g/mol. The maximum atomic E-state index is 15.6. The van der Waals surface area contributed by atoms with Crippen LogP contribution >= 0.6 is 0 Å². The molecule has 2 unspecified atom stereocenters. The van der Waals surface area contributed by atoms with E-state index in [9.17, 15) is 87.9 Å². The van der Waals surface area contributed by atoms with Gasteiger partial charge in [0.15, 0.2) is 28.9 Å². The SMILES string of the molecule is CCc1cc(OC)ccc1-c1ccc(C[C@H](NC(=O)[C@H](CC(=O)O)CC(=O)[C@H](CO)NC(=O)[C@@H](CC(=O)C(C)(Cc2ccccc2F)NC(=O)[C@@H](CC(=O)CNC(=O)[C@H](CCC(=O)O)CC(=O)C2(C)CCCN2C(=O)[C@@H](N)Cc2cnc[nH]2)[C@@H](C)O)[C@@H](C)O)C(=O)C[C@@H](Cc2ccc(-c3ccccc3C)nc2)C(N)=O)cc1. The predicted molar refractivity (Wildman–Crippen MR) is 407 cm³/mol. The molecule has 600 valence electrons. The van der Waals surface area contributed by atoms with Crippen LogP contribution < -0.4 is 37.5 Å². The van der Waals surface area contributed by atoms with Crippen molar-refractivity contribution in [3.05, 3.63) is 161 Å². The monoisotopic (exact) mass is 1550 g/mol. The Bertz CT molecular complexity index is 4360. The number of primary amides is 1. The Labute approximate surface area is 648 Å². The number of carboxylic acid groups (broad SMARTS) is 2. The smallest absolute Gasteiger partial charge is 0.304 e. The number of hydrogen-bond donors (Lipinski definition) is 12. The summed E-state index contributed by atoms with van der Waals surface area (Å²) in [6, 6.07) is 24.5. The molecule has 7 rings (SSSR count). The number of likely N-dealkylation sites (tertiary alicyclic amines) is 1. The Morgan fingerprint density at radius 1 is 0.705 bits per heavy atom. The van der Waals surface area contributed by atoms with Gasteiger partial charge in [-0.2, -0.15) is 0 Å². The molecule has 6 aromatic rings. The molecule has 1 aliphatic rings. The van der Waals surface area contributed by atoms with Crippen LogP contribution in [0.4, 0.5) is 4.39 Å². The molecule has 1 aliphatic heterocycles. The minimum Gasteiger partial charge on any atom is -0.497 e. The molecule has 1 saturated heterocycles. The van der Waals surface area contributed by atoms with Crippen LogP contribution in [-0.2, 0) is 94.4 Å². The lowest BCUT2D eigenvalue weighted by atomic mass is 9.81. The number of amides is 6. The molecule has 2 aromatic heterocycles. The number of H-pyrrole nitrogens is 1. The van der Waals surface area contributed by atoms with Crippen LogP contribution in [-0.4, -0.2) is 190 Å². The molecule has 112 heavy (non-hydrogen) atoms. The van der Waals surface area contributed by atoms with Gasteiger partial charge in [0.25, 0.3) is 0 Å². The minimum atomic E-state index is -2.25. The van der Waals surface area contributed by atoms with Gasteiger partial charge in [0.1, 0.15) is 17.6 Å². The number of pyridine rings is 1.